The number of nitrogens with two attached hydrogens (primary N) is 2. The summed E-state index contributed by atoms with van der Waals surface area (Å²) in [4.78, 5) is 150. The zero-order valence-electron chi connectivity index (χ0n) is 53.5. The highest BCUT2D eigenvalue weighted by atomic mass is 19.4. The Morgan fingerprint density at radius 3 is 1.04 bits per heavy atom. The Hall–Kier alpha value is -12.6. The molecular formula is C72H52F6N4O18. The van der Waals surface area contributed by atoms with Crippen molar-refractivity contribution in [3.05, 3.63) is 240 Å². The number of rotatable bonds is 11. The highest BCUT2D eigenvalue weighted by Crippen LogP contribution is 2.50. The molecule has 22 nitrogen and oxygen atoms in total. The van der Waals surface area contributed by atoms with Gasteiger partial charge in [0.2, 0.25) is 0 Å². The minimum atomic E-state index is -4.96. The van der Waals surface area contributed by atoms with Gasteiger partial charge in [0.25, 0.3) is 23.6 Å². The van der Waals surface area contributed by atoms with Crippen LogP contribution in [0.2, 0.25) is 0 Å². The van der Waals surface area contributed by atoms with Gasteiger partial charge >= 0.3 is 60.1 Å². The maximum Gasteiger partial charge on any atom is 0.402 e. The van der Waals surface area contributed by atoms with E-state index in [1.54, 1.807) is 49.4 Å². The highest BCUT2D eigenvalue weighted by molar-refractivity contribution is 6.35. The molecule has 4 N–H and O–H groups in total. The fourth-order valence-corrected chi connectivity index (χ4v) is 11.7. The smallest absolute Gasteiger partial charge is 0.402 e. The minimum Gasteiger partial charge on any atom is -0.465 e. The van der Waals surface area contributed by atoms with E-state index in [4.69, 9.17) is 30.4 Å². The molecule has 4 heterocycles. The van der Waals surface area contributed by atoms with E-state index in [1.165, 1.54) is 58.7 Å². The first-order valence-corrected chi connectivity index (χ1v) is 29.4. The molecule has 510 valence electrons. The first-order chi connectivity index (χ1) is 47.1. The van der Waals surface area contributed by atoms with Gasteiger partial charge in [0.05, 0.1) is 101 Å². The second-order valence-electron chi connectivity index (χ2n) is 23.1. The topological polar surface area (TPSA) is 319 Å². The average Bonchev–Trinajstić information content (AvgIpc) is 1.51. The molecule has 0 aliphatic carbocycles. The van der Waals surface area contributed by atoms with Gasteiger partial charge in [0.1, 0.15) is 10.8 Å². The third-order valence-electron chi connectivity index (χ3n) is 17.4. The average molecular weight is 1380 g/mol. The fourth-order valence-electron chi connectivity index (χ4n) is 11.7. The number of amides is 4. The molecule has 0 spiro atoms. The number of alkyl halides is 6. The second-order valence-corrected chi connectivity index (χ2v) is 23.1. The van der Waals surface area contributed by atoms with Crippen molar-refractivity contribution >= 4 is 88.4 Å². The molecule has 0 radical (unpaired) electrons. The lowest BCUT2D eigenvalue weighted by molar-refractivity contribution is -0.173. The molecule has 1 unspecified atom stereocenters. The molecule has 8 aromatic carbocycles. The van der Waals surface area contributed by atoms with Crippen LogP contribution in [0.5, 0.6) is 0 Å². The van der Waals surface area contributed by atoms with Gasteiger partial charge in [0.15, 0.2) is 0 Å². The number of fused-ring (bicyclic) bond motifs is 4. The van der Waals surface area contributed by atoms with Gasteiger partial charge in [-0.15, -0.1) is 0 Å². The van der Waals surface area contributed by atoms with Crippen LogP contribution in [-0.4, -0.2) is 124 Å². The third kappa shape index (κ3) is 12.0. The van der Waals surface area contributed by atoms with E-state index in [-0.39, 0.29) is 94.7 Å². The molecule has 4 aliphatic heterocycles. The summed E-state index contributed by atoms with van der Waals surface area (Å²) in [7, 11) is 6.12. The predicted octanol–water partition coefficient (Wildman–Crippen LogP) is 11.4. The number of imide groups is 2. The van der Waals surface area contributed by atoms with Gasteiger partial charge in [-0.25, -0.2) is 43.3 Å². The van der Waals surface area contributed by atoms with Crippen LogP contribution in [0.25, 0.3) is 22.3 Å². The summed E-state index contributed by atoms with van der Waals surface area (Å²) in [5.74, 6) is -9.71. The number of anilines is 3. The molecule has 12 rings (SSSR count). The zero-order chi connectivity index (χ0) is 73.2. The lowest BCUT2D eigenvalue weighted by Gasteiger charge is -2.33. The number of methoxy groups -OCH3 is 4. The summed E-state index contributed by atoms with van der Waals surface area (Å²) >= 11 is 0. The van der Waals surface area contributed by atoms with Crippen molar-refractivity contribution < 1.29 is 112 Å². The fraction of sp³-hybridized carbons (Fsp3) is 0.167. The number of cyclic esters (lactones) is 4. The Labute approximate surface area is 561 Å². The first kappa shape index (κ1) is 70.2. The number of hydrogen-bond donors (Lipinski definition) is 2. The van der Waals surface area contributed by atoms with Crippen LogP contribution >= 0.6 is 0 Å². The number of hydrogen-bond acceptors (Lipinski definition) is 20. The molecule has 0 bridgehead atoms. The van der Waals surface area contributed by atoms with Crippen LogP contribution < -0.4 is 16.4 Å². The SMILES string of the molecule is CC(c1ccc2c(c1)C(=O)OC2=O)(c1ccc2c(c1)C(=O)OC2=O)C(F)(F)F.COC(=O)c1cc(C)ccc1-c1ccc(N2C(=O)c3ccc(C(C)(c4ccc5c(c4)C(=O)N(C)C5=O)C(F)(F)F)cc3C2=O)cc1C(=O)OC.COC(=O)c1cc(N)ccc1-c1ccc(N)cc1C(=O)OC. The van der Waals surface area contributed by atoms with Crippen molar-refractivity contribution in [1.82, 2.24) is 4.90 Å². The number of nitrogens with zero attached hydrogens (tertiary/aromatic N) is 2. The number of nitrogen functional groups attached to an aromatic ring is 2. The molecule has 0 saturated carbocycles. The van der Waals surface area contributed by atoms with E-state index in [0.29, 0.717) is 28.1 Å². The number of esters is 8. The van der Waals surface area contributed by atoms with Crippen molar-refractivity contribution in [2.75, 3.05) is 51.9 Å². The van der Waals surface area contributed by atoms with Crippen molar-refractivity contribution in [2.45, 2.75) is 44.0 Å². The summed E-state index contributed by atoms with van der Waals surface area (Å²) in [6.07, 6.45) is -9.79. The number of aryl methyl sites for hydroxylation is 1. The molecule has 100 heavy (non-hydrogen) atoms. The van der Waals surface area contributed by atoms with Gasteiger partial charge in [0, 0.05) is 18.4 Å². The van der Waals surface area contributed by atoms with Crippen LogP contribution in [0.4, 0.5) is 43.4 Å². The summed E-state index contributed by atoms with van der Waals surface area (Å²) in [5, 5.41) is 0. The van der Waals surface area contributed by atoms with Gasteiger partial charge < -0.3 is 39.9 Å². The lowest BCUT2D eigenvalue weighted by Crippen LogP contribution is -2.41. The molecule has 4 aliphatic rings. The Bertz CT molecular complexity index is 4820. The molecule has 1 atom stereocenters. The Morgan fingerprint density at radius 2 is 0.650 bits per heavy atom. The van der Waals surface area contributed by atoms with Crippen LogP contribution in [0, 0.1) is 6.92 Å². The quantitative estimate of drug-likeness (QED) is 0.0303. The van der Waals surface area contributed by atoms with Crippen molar-refractivity contribution in [1.29, 1.82) is 0 Å². The van der Waals surface area contributed by atoms with Crippen LogP contribution in [-0.2, 0) is 39.3 Å². The van der Waals surface area contributed by atoms with Gasteiger partial charge in [-0.2, -0.15) is 26.3 Å². The number of carbonyl (C=O) groups is 12. The molecule has 8 aromatic rings. The number of ether oxygens (including phenoxy) is 6. The van der Waals surface area contributed by atoms with E-state index in [1.807, 2.05) is 0 Å². The van der Waals surface area contributed by atoms with Crippen molar-refractivity contribution in [3.8, 4) is 22.3 Å². The highest BCUT2D eigenvalue weighted by Gasteiger charge is 2.56. The number of halogens is 6. The van der Waals surface area contributed by atoms with Gasteiger partial charge in [-0.05, 0) is 156 Å². The minimum absolute atomic E-state index is 0.0302. The molecule has 0 aromatic heterocycles. The van der Waals surface area contributed by atoms with E-state index < -0.39 is 100 Å². The predicted molar refractivity (Wildman–Crippen MR) is 341 cm³/mol. The summed E-state index contributed by atoms with van der Waals surface area (Å²) < 4.78 is 116. The Balaban J connectivity index is 0.000000181. The monoisotopic (exact) mass is 1370 g/mol. The normalized spacial score (nSPS) is 14.3. The summed E-state index contributed by atoms with van der Waals surface area (Å²) in [6, 6.07) is 31.2. The van der Waals surface area contributed by atoms with Crippen LogP contribution in [0.1, 0.15) is 166 Å². The van der Waals surface area contributed by atoms with Crippen molar-refractivity contribution in [2.24, 2.45) is 0 Å². The van der Waals surface area contributed by atoms with Crippen LogP contribution in [0.3, 0.4) is 0 Å². The molecule has 4 amide bonds. The van der Waals surface area contributed by atoms with E-state index >= 15 is 13.2 Å². The van der Waals surface area contributed by atoms with E-state index in [0.717, 1.165) is 109 Å². The number of benzene rings is 8. The Morgan fingerprint density at radius 1 is 0.360 bits per heavy atom. The maximum absolute atomic E-state index is 15.0. The van der Waals surface area contributed by atoms with E-state index in [2.05, 4.69) is 9.47 Å². The van der Waals surface area contributed by atoms with Gasteiger partial charge in [-0.3, -0.25) is 24.1 Å². The van der Waals surface area contributed by atoms with E-state index in [9.17, 15) is 70.7 Å². The molecule has 28 heteroatoms. The summed E-state index contributed by atoms with van der Waals surface area (Å²) in [5.41, 5.74) is 6.80. The first-order valence-electron chi connectivity index (χ1n) is 29.4. The maximum atomic E-state index is 15.0. The largest absolute Gasteiger partial charge is 0.465 e. The standard InChI is InChI=1S/C37H27F3N2O8.C19H9F3O6.C16H16N2O4/c1-18-6-10-22(28(14-18)34(47)49-4)23-13-9-21(17-29(23)35(48)50-5)42-32(45)25-12-8-20(16-27(25)33(42)46)36(2,37(38,39)40)19-7-11-24-26(15-19)31(44)41(3)30(24)43;1-18(19(20,21)22,8-2-4-10-12(6-8)16(25)27-14(10)23)9-3-5-11-13(7-9)17(26)28-15(11)24;1-21-15(19)13-7-9(17)3-5-11(13)12-6-4-10(18)8-14(12)16(20)22-2/h6-17H,1-5H3;2-7H,1H3;3-8H,17-18H2,1-2H3. The zero-order valence-corrected chi connectivity index (χ0v) is 53.5. The second kappa shape index (κ2) is 26.1. The molecular weight excluding hydrogens is 1320 g/mol. The molecule has 0 fully saturated rings. The summed E-state index contributed by atoms with van der Waals surface area (Å²) in [6.45, 7) is 3.52. The van der Waals surface area contributed by atoms with Crippen LogP contribution in [0.15, 0.2) is 146 Å². The van der Waals surface area contributed by atoms with Crippen molar-refractivity contribution in [3.63, 3.8) is 0 Å². The van der Waals surface area contributed by atoms with Gasteiger partial charge in [-0.1, -0.05) is 60.2 Å². The Kier molecular flexibility index (Phi) is 18.3. The lowest BCUT2D eigenvalue weighted by atomic mass is 9.74. The number of carbonyl (C=O) groups excluding carboxylic acids is 12. The third-order valence-corrected chi connectivity index (χ3v) is 17.4. The molecule has 0 saturated heterocycles.